The van der Waals surface area contributed by atoms with Crippen LogP contribution in [-0.2, 0) is 91.5 Å². The van der Waals surface area contributed by atoms with E-state index in [4.69, 9.17) is 19.8 Å². The molecular formula is C4H10Cd3O4. The number of aliphatic carboxylic acids is 2. The van der Waals surface area contributed by atoms with Gasteiger partial charge >= 0.3 is 81.9 Å². The van der Waals surface area contributed by atoms with Crippen LogP contribution in [0.5, 0.6) is 0 Å². The van der Waals surface area contributed by atoms with Crippen molar-refractivity contribution >= 4 is 11.9 Å². The van der Waals surface area contributed by atoms with Crippen molar-refractivity contribution in [2.24, 2.45) is 0 Å². The maximum atomic E-state index is 8.89. The molecule has 0 aromatic heterocycles. The Labute approximate surface area is 132 Å². The number of carbonyl (C=O) groups is 2. The Kier molecular flexibility index (Phi) is 60.2. The molecule has 0 amide bonds. The van der Waals surface area contributed by atoms with Gasteiger partial charge in [0, 0.05) is 11.9 Å². The zero-order valence-electron chi connectivity index (χ0n) is 10.8. The minimum Gasteiger partial charge on any atom is -1.00 e. The predicted molar refractivity (Wildman–Crippen MR) is 25.8 cm³/mol. The molecule has 0 spiro atoms. The summed E-state index contributed by atoms with van der Waals surface area (Å²) in [6.45, 7) is 1.94. The molecule has 0 heterocycles. The summed E-state index contributed by atoms with van der Waals surface area (Å²) in [4.78, 5) is 17.8. The molecule has 4 nitrogen and oxygen atoms in total. The van der Waals surface area contributed by atoms with Crippen molar-refractivity contribution in [3.8, 4) is 0 Å². The van der Waals surface area contributed by atoms with E-state index in [1.807, 2.05) is 0 Å². The second kappa shape index (κ2) is 22.6. The molecule has 0 radical (unpaired) electrons. The minimum absolute atomic E-state index is 0. The summed E-state index contributed by atoms with van der Waals surface area (Å²) in [6, 6.07) is 0. The molecule has 0 aliphatic carbocycles. The molecule has 11 heavy (non-hydrogen) atoms. The molecule has 56 valence electrons. The van der Waals surface area contributed by atoms with E-state index in [1.54, 1.807) is 0 Å². The van der Waals surface area contributed by atoms with Crippen LogP contribution in [0, 0.1) is 0 Å². The first-order valence-corrected chi connectivity index (χ1v) is 1.82. The molecule has 0 bridgehead atoms. The molecule has 0 aromatic rings. The van der Waals surface area contributed by atoms with Crippen molar-refractivity contribution in [3.05, 3.63) is 0 Å². The topological polar surface area (TPSA) is 80.3 Å². The van der Waals surface area contributed by atoms with E-state index >= 15 is 0 Å². The van der Waals surface area contributed by atoms with E-state index in [9.17, 15) is 0 Å². The molecule has 0 saturated carbocycles. The molecule has 0 fully saturated rings. The van der Waals surface area contributed by atoms with Crippen LogP contribution in [0.15, 0.2) is 0 Å². The molecule has 0 N–H and O–H groups in total. The molecule has 0 unspecified atom stereocenters. The number of carbonyl (C=O) groups excluding carboxylic acids is 2. The van der Waals surface area contributed by atoms with Gasteiger partial charge in [0.15, 0.2) is 0 Å². The van der Waals surface area contributed by atoms with E-state index in [-0.39, 0.29) is 87.6 Å². The largest absolute Gasteiger partial charge is 2.00 e. The van der Waals surface area contributed by atoms with Gasteiger partial charge in [0.25, 0.3) is 0 Å². The fourth-order valence-electron chi connectivity index (χ4n) is 0. The number of rotatable bonds is 0. The van der Waals surface area contributed by atoms with Gasteiger partial charge in [-0.2, -0.15) is 0 Å². The van der Waals surface area contributed by atoms with E-state index in [1.165, 1.54) is 0 Å². The van der Waals surface area contributed by atoms with E-state index < -0.39 is 11.9 Å². The van der Waals surface area contributed by atoms with E-state index in [0.29, 0.717) is 0 Å². The second-order valence-corrected chi connectivity index (χ2v) is 0.983. The van der Waals surface area contributed by atoms with Crippen molar-refractivity contribution in [1.29, 1.82) is 0 Å². The van der Waals surface area contributed by atoms with E-state index in [0.717, 1.165) is 13.8 Å². The third-order valence-electron chi connectivity index (χ3n) is 0. The average Bonchev–Trinajstić information content (AvgIpc) is 1.25. The van der Waals surface area contributed by atoms with Gasteiger partial charge in [0.05, 0.1) is 0 Å². The third-order valence-corrected chi connectivity index (χ3v) is 0. The van der Waals surface area contributed by atoms with Crippen LogP contribution in [0.4, 0.5) is 0 Å². The van der Waals surface area contributed by atoms with Crippen molar-refractivity contribution in [3.63, 3.8) is 0 Å². The van der Waals surface area contributed by atoms with Crippen LogP contribution in [0.3, 0.4) is 0 Å². The molecule has 0 aliphatic rings. The van der Waals surface area contributed by atoms with Crippen molar-refractivity contribution in [2.45, 2.75) is 13.8 Å². The second-order valence-electron chi connectivity index (χ2n) is 0.983. The SMILES string of the molecule is CC(=O)[O-].CC(=O)[O-].[Cd+2].[Cd+2].[Cd+2].[H-].[H-].[H-].[H-]. The summed E-state index contributed by atoms with van der Waals surface area (Å²) in [5, 5.41) is 17.8. The number of hydrogen-bond acceptors (Lipinski definition) is 4. The first-order chi connectivity index (χ1) is 3.46. The standard InChI is InChI=1S/2C2H4O2.3Cd.4H/c2*1-2(3)4;;;;;;;/h2*1H3,(H,3,4);;;;;;;/q;;3*+2;4*-1/p-2. The van der Waals surface area contributed by atoms with Crippen LogP contribution >= 0.6 is 0 Å². The molecular weight excluding hydrogens is 449 g/mol. The Balaban J connectivity index is -0.00000000468. The number of carboxylic acids is 2. The van der Waals surface area contributed by atoms with Crippen molar-refractivity contribution in [2.75, 3.05) is 0 Å². The molecule has 0 aromatic carbocycles. The van der Waals surface area contributed by atoms with Gasteiger partial charge in [0.2, 0.25) is 0 Å². The maximum Gasteiger partial charge on any atom is 2.00 e. The van der Waals surface area contributed by atoms with Gasteiger partial charge in [-0.15, -0.1) is 0 Å². The fraction of sp³-hybridized carbons (Fsp3) is 0.500. The summed E-state index contributed by atoms with van der Waals surface area (Å²) < 4.78 is 0. The van der Waals surface area contributed by atoms with Crippen LogP contribution in [0.25, 0.3) is 0 Å². The van der Waals surface area contributed by atoms with Gasteiger partial charge in [-0.1, -0.05) is 0 Å². The summed E-state index contributed by atoms with van der Waals surface area (Å²) in [5.74, 6) is -2.17. The maximum absolute atomic E-state index is 8.89. The molecule has 0 aliphatic heterocycles. The number of hydrogen-bond donors (Lipinski definition) is 0. The van der Waals surface area contributed by atoms with Crippen molar-refractivity contribution in [1.82, 2.24) is 0 Å². The Bertz CT molecular complexity index is 87.9. The molecule has 0 atom stereocenters. The zero-order valence-corrected chi connectivity index (χ0v) is 18.9. The normalized spacial score (nSPS) is 4.55. The molecule has 0 rings (SSSR count). The predicted octanol–water partition coefficient (Wildman–Crippen LogP) is -2.05. The first-order valence-electron chi connectivity index (χ1n) is 1.82. The van der Waals surface area contributed by atoms with Crippen LogP contribution < -0.4 is 10.2 Å². The summed E-state index contributed by atoms with van der Waals surface area (Å²) in [6.07, 6.45) is 0. The Morgan fingerprint density at radius 3 is 0.909 bits per heavy atom. The first kappa shape index (κ1) is 29.3. The monoisotopic (exact) mass is 464 g/mol. The van der Waals surface area contributed by atoms with Crippen molar-refractivity contribution < 1.29 is 107 Å². The third kappa shape index (κ3) is 379. The quantitative estimate of drug-likeness (QED) is 0.391. The minimum atomic E-state index is -1.08. The van der Waals surface area contributed by atoms with Crippen LogP contribution in [0.2, 0.25) is 0 Å². The Hall–Kier alpha value is 1.71. The average molecular weight is 459 g/mol. The van der Waals surface area contributed by atoms with Crippen LogP contribution in [-0.4, -0.2) is 11.9 Å². The molecule has 0 saturated heterocycles. The van der Waals surface area contributed by atoms with Gasteiger partial charge in [-0.05, 0) is 13.8 Å². The zero-order chi connectivity index (χ0) is 7.15. The fourth-order valence-corrected chi connectivity index (χ4v) is 0. The molecule has 7 heteroatoms. The Morgan fingerprint density at radius 2 is 0.909 bits per heavy atom. The van der Waals surface area contributed by atoms with Gasteiger partial charge in [-0.3, -0.25) is 0 Å². The summed E-state index contributed by atoms with van der Waals surface area (Å²) in [7, 11) is 0. The van der Waals surface area contributed by atoms with E-state index in [2.05, 4.69) is 0 Å². The number of carboxylic acid groups (broad SMARTS) is 2. The smallest absolute Gasteiger partial charge is 1.00 e. The van der Waals surface area contributed by atoms with Crippen LogP contribution in [0.1, 0.15) is 19.6 Å². The van der Waals surface area contributed by atoms with Gasteiger partial charge < -0.3 is 25.5 Å². The summed E-state index contributed by atoms with van der Waals surface area (Å²) in [5.41, 5.74) is 0. The van der Waals surface area contributed by atoms with Gasteiger partial charge in [0.1, 0.15) is 0 Å². The summed E-state index contributed by atoms with van der Waals surface area (Å²) >= 11 is 0. The van der Waals surface area contributed by atoms with Gasteiger partial charge in [-0.25, -0.2) is 0 Å². The Morgan fingerprint density at radius 1 is 0.909 bits per heavy atom.